The summed E-state index contributed by atoms with van der Waals surface area (Å²) in [6, 6.07) is 1.61. The van der Waals surface area contributed by atoms with Gasteiger partial charge in [-0.2, -0.15) is 11.8 Å². The SMILES string of the molecule is CCCSCc1cc(=O)[nH]c(SCCN2CCOCC2)n1. The van der Waals surface area contributed by atoms with Gasteiger partial charge in [0.2, 0.25) is 0 Å². The van der Waals surface area contributed by atoms with Gasteiger partial charge in [-0.05, 0) is 12.2 Å². The van der Waals surface area contributed by atoms with E-state index in [0.29, 0.717) is 0 Å². The van der Waals surface area contributed by atoms with E-state index >= 15 is 0 Å². The fourth-order valence-electron chi connectivity index (χ4n) is 2.04. The predicted molar refractivity (Wildman–Crippen MR) is 89.3 cm³/mol. The van der Waals surface area contributed by atoms with E-state index in [1.807, 2.05) is 11.8 Å². The van der Waals surface area contributed by atoms with Crippen molar-refractivity contribution in [1.82, 2.24) is 14.9 Å². The Bertz CT molecular complexity index is 476. The molecule has 2 heterocycles. The number of nitrogens with zero attached hydrogens (tertiary/aromatic N) is 2. The topological polar surface area (TPSA) is 58.2 Å². The number of thioether (sulfide) groups is 2. The minimum Gasteiger partial charge on any atom is -0.379 e. The second-order valence-corrected chi connectivity index (χ2v) is 7.09. The van der Waals surface area contributed by atoms with Gasteiger partial charge in [0.05, 0.1) is 18.9 Å². The molecule has 1 N–H and O–H groups in total. The molecule has 0 radical (unpaired) electrons. The smallest absolute Gasteiger partial charge is 0.251 e. The summed E-state index contributed by atoms with van der Waals surface area (Å²) in [7, 11) is 0. The molecule has 0 spiro atoms. The Kier molecular flexibility index (Phi) is 7.63. The van der Waals surface area contributed by atoms with Gasteiger partial charge in [-0.1, -0.05) is 18.7 Å². The number of rotatable bonds is 8. The van der Waals surface area contributed by atoms with Crippen LogP contribution in [0.3, 0.4) is 0 Å². The standard InChI is InChI=1S/C14H23N3O2S2/c1-2-8-20-11-12-10-13(18)16-14(15-12)21-9-5-17-3-6-19-7-4-17/h10H,2-9,11H2,1H3,(H,15,16,18). The monoisotopic (exact) mass is 329 g/mol. The number of aromatic nitrogens is 2. The van der Waals surface area contributed by atoms with Gasteiger partial charge in [-0.15, -0.1) is 0 Å². The number of morpholine rings is 1. The predicted octanol–water partition coefficient (Wildman–Crippen LogP) is 1.84. The Morgan fingerprint density at radius 1 is 1.38 bits per heavy atom. The third-order valence-corrected chi connectivity index (χ3v) is 5.17. The van der Waals surface area contributed by atoms with Crippen molar-refractivity contribution in [3.05, 3.63) is 22.1 Å². The molecule has 0 aromatic carbocycles. The van der Waals surface area contributed by atoms with E-state index in [-0.39, 0.29) is 5.56 Å². The van der Waals surface area contributed by atoms with Crippen LogP contribution >= 0.6 is 23.5 Å². The third kappa shape index (κ3) is 6.42. The number of nitrogens with one attached hydrogen (secondary N) is 1. The van der Waals surface area contributed by atoms with Crippen LogP contribution in [-0.4, -0.2) is 59.2 Å². The molecule has 1 aromatic rings. The highest BCUT2D eigenvalue weighted by Gasteiger charge is 2.10. The first-order valence-corrected chi connectivity index (χ1v) is 9.53. The molecule has 0 atom stereocenters. The van der Waals surface area contributed by atoms with E-state index in [9.17, 15) is 4.79 Å². The lowest BCUT2D eigenvalue weighted by Crippen LogP contribution is -2.37. The lowest BCUT2D eigenvalue weighted by molar-refractivity contribution is 0.0410. The summed E-state index contributed by atoms with van der Waals surface area (Å²) in [5.74, 6) is 2.86. The highest BCUT2D eigenvalue weighted by atomic mass is 32.2. The molecule has 1 saturated heterocycles. The van der Waals surface area contributed by atoms with E-state index in [1.165, 1.54) is 0 Å². The molecule has 7 heteroatoms. The molecule has 21 heavy (non-hydrogen) atoms. The Labute approximate surface area is 134 Å². The number of hydrogen-bond acceptors (Lipinski definition) is 6. The Hall–Kier alpha value is -0.500. The Balaban J connectivity index is 1.80. The molecular formula is C14H23N3O2S2. The molecule has 0 bridgehead atoms. The Morgan fingerprint density at radius 3 is 2.95 bits per heavy atom. The van der Waals surface area contributed by atoms with Gasteiger partial charge in [0, 0.05) is 37.2 Å². The molecule has 5 nitrogen and oxygen atoms in total. The van der Waals surface area contributed by atoms with Gasteiger partial charge >= 0.3 is 0 Å². The largest absolute Gasteiger partial charge is 0.379 e. The average molecular weight is 329 g/mol. The molecule has 118 valence electrons. The van der Waals surface area contributed by atoms with Crippen LogP contribution in [0.2, 0.25) is 0 Å². The first-order chi connectivity index (χ1) is 10.3. The summed E-state index contributed by atoms with van der Waals surface area (Å²) in [4.78, 5) is 21.4. The van der Waals surface area contributed by atoms with Crippen LogP contribution in [0.1, 0.15) is 19.0 Å². The molecule has 0 unspecified atom stereocenters. The van der Waals surface area contributed by atoms with Crippen molar-refractivity contribution in [3.8, 4) is 0 Å². The van der Waals surface area contributed by atoms with E-state index in [0.717, 1.165) is 67.4 Å². The molecule has 0 amide bonds. The fourth-order valence-corrected chi connectivity index (χ4v) is 3.73. The van der Waals surface area contributed by atoms with Crippen molar-refractivity contribution in [2.45, 2.75) is 24.3 Å². The van der Waals surface area contributed by atoms with Gasteiger partial charge < -0.3 is 9.72 Å². The van der Waals surface area contributed by atoms with Crippen LogP contribution in [0.4, 0.5) is 0 Å². The zero-order valence-corrected chi connectivity index (χ0v) is 14.1. The average Bonchev–Trinajstić information content (AvgIpc) is 2.48. The zero-order chi connectivity index (χ0) is 14.9. The first kappa shape index (κ1) is 16.9. The lowest BCUT2D eigenvalue weighted by Gasteiger charge is -2.26. The van der Waals surface area contributed by atoms with Crippen molar-refractivity contribution in [2.75, 3.05) is 44.4 Å². The van der Waals surface area contributed by atoms with Crippen LogP contribution in [0, 0.1) is 0 Å². The normalized spacial score (nSPS) is 16.2. The molecule has 1 aliphatic rings. The number of hydrogen-bond donors (Lipinski definition) is 1. The van der Waals surface area contributed by atoms with Gasteiger partial charge in [-0.25, -0.2) is 4.98 Å². The maximum atomic E-state index is 11.7. The van der Waals surface area contributed by atoms with Crippen LogP contribution in [0.15, 0.2) is 16.0 Å². The number of ether oxygens (including phenoxy) is 1. The highest BCUT2D eigenvalue weighted by molar-refractivity contribution is 7.99. The molecule has 0 aliphatic carbocycles. The molecule has 1 fully saturated rings. The van der Waals surface area contributed by atoms with Gasteiger partial charge in [0.25, 0.3) is 5.56 Å². The van der Waals surface area contributed by atoms with Gasteiger partial charge in [0.1, 0.15) is 0 Å². The van der Waals surface area contributed by atoms with Crippen molar-refractivity contribution in [3.63, 3.8) is 0 Å². The van der Waals surface area contributed by atoms with E-state index in [1.54, 1.807) is 17.8 Å². The van der Waals surface area contributed by atoms with Crippen LogP contribution < -0.4 is 5.56 Å². The summed E-state index contributed by atoms with van der Waals surface area (Å²) < 4.78 is 5.33. The van der Waals surface area contributed by atoms with Crippen molar-refractivity contribution in [2.24, 2.45) is 0 Å². The zero-order valence-electron chi connectivity index (χ0n) is 12.5. The maximum Gasteiger partial charge on any atom is 0.251 e. The lowest BCUT2D eigenvalue weighted by atomic mass is 10.4. The van der Waals surface area contributed by atoms with Crippen molar-refractivity contribution < 1.29 is 4.74 Å². The minimum absolute atomic E-state index is 0.0500. The Morgan fingerprint density at radius 2 is 2.19 bits per heavy atom. The van der Waals surface area contributed by atoms with E-state index in [2.05, 4.69) is 21.8 Å². The minimum atomic E-state index is -0.0500. The molecule has 0 saturated carbocycles. The quantitative estimate of drug-likeness (QED) is 0.446. The van der Waals surface area contributed by atoms with Gasteiger partial charge in [-0.3, -0.25) is 9.69 Å². The molecule has 2 rings (SSSR count). The molecule has 1 aliphatic heterocycles. The summed E-state index contributed by atoms with van der Waals surface area (Å²) in [6.45, 7) is 6.81. The van der Waals surface area contributed by atoms with Crippen molar-refractivity contribution in [1.29, 1.82) is 0 Å². The summed E-state index contributed by atoms with van der Waals surface area (Å²) in [5, 5.41) is 0.739. The maximum absolute atomic E-state index is 11.7. The molecule has 1 aromatic heterocycles. The van der Waals surface area contributed by atoms with E-state index < -0.39 is 0 Å². The van der Waals surface area contributed by atoms with E-state index in [4.69, 9.17) is 4.74 Å². The first-order valence-electron chi connectivity index (χ1n) is 7.39. The van der Waals surface area contributed by atoms with Crippen LogP contribution in [-0.2, 0) is 10.5 Å². The second-order valence-electron chi connectivity index (χ2n) is 4.90. The third-order valence-electron chi connectivity index (χ3n) is 3.12. The fraction of sp³-hybridized carbons (Fsp3) is 0.714. The van der Waals surface area contributed by atoms with Crippen molar-refractivity contribution >= 4 is 23.5 Å². The molecular weight excluding hydrogens is 306 g/mol. The second kappa shape index (κ2) is 9.50. The van der Waals surface area contributed by atoms with Crippen LogP contribution in [0.25, 0.3) is 0 Å². The summed E-state index contributed by atoms with van der Waals surface area (Å²) in [5.41, 5.74) is 0.831. The summed E-state index contributed by atoms with van der Waals surface area (Å²) >= 11 is 3.45. The number of aromatic amines is 1. The van der Waals surface area contributed by atoms with Gasteiger partial charge in [0.15, 0.2) is 5.16 Å². The number of H-pyrrole nitrogens is 1. The summed E-state index contributed by atoms with van der Waals surface area (Å²) in [6.07, 6.45) is 1.15. The van der Waals surface area contributed by atoms with Crippen LogP contribution in [0.5, 0.6) is 0 Å². The highest BCUT2D eigenvalue weighted by Crippen LogP contribution is 2.15.